The molecule has 0 aliphatic heterocycles. The molecule has 0 saturated carbocycles. The van der Waals surface area contributed by atoms with Gasteiger partial charge in [0.05, 0.1) is 0 Å². The highest BCUT2D eigenvalue weighted by Gasteiger charge is 2.05. The fraction of sp³-hybridized carbons (Fsp3) is 0.0625. The lowest BCUT2D eigenvalue weighted by Crippen LogP contribution is -1.96. The number of anilines is 2. The number of nitrogens with one attached hydrogen (secondary N) is 1. The summed E-state index contributed by atoms with van der Waals surface area (Å²) in [5, 5.41) is 13.8. The van der Waals surface area contributed by atoms with Gasteiger partial charge in [-0.1, -0.05) is 12.1 Å². The first kappa shape index (κ1) is 12.4. The van der Waals surface area contributed by atoms with Crippen LogP contribution in [0.5, 0.6) is 5.75 Å². The van der Waals surface area contributed by atoms with Crippen molar-refractivity contribution in [1.82, 2.24) is 4.98 Å². The van der Waals surface area contributed by atoms with E-state index in [1.54, 1.807) is 18.2 Å². The van der Waals surface area contributed by atoms with Gasteiger partial charge >= 0.3 is 0 Å². The van der Waals surface area contributed by atoms with Crippen molar-refractivity contribution in [2.24, 2.45) is 0 Å². The third-order valence-electron chi connectivity index (χ3n) is 3.15. The highest BCUT2D eigenvalue weighted by atomic mass is 19.1. The average Bonchev–Trinajstić information content (AvgIpc) is 2.43. The number of fused-ring (bicyclic) bond motifs is 1. The van der Waals surface area contributed by atoms with Gasteiger partial charge in [0.15, 0.2) is 0 Å². The lowest BCUT2D eigenvalue weighted by atomic mass is 10.2. The fourth-order valence-corrected chi connectivity index (χ4v) is 2.11. The number of aromatic hydroxyl groups is 1. The number of pyridine rings is 1. The van der Waals surface area contributed by atoms with Crippen LogP contribution in [-0.4, -0.2) is 10.1 Å². The third-order valence-corrected chi connectivity index (χ3v) is 3.15. The lowest BCUT2D eigenvalue weighted by molar-refractivity contribution is 0.480. The second kappa shape index (κ2) is 4.81. The number of benzene rings is 2. The number of hydrogen-bond acceptors (Lipinski definition) is 3. The summed E-state index contributed by atoms with van der Waals surface area (Å²) in [4.78, 5) is 4.38. The second-order valence-corrected chi connectivity index (χ2v) is 4.63. The minimum atomic E-state index is -0.267. The van der Waals surface area contributed by atoms with E-state index in [4.69, 9.17) is 0 Å². The summed E-state index contributed by atoms with van der Waals surface area (Å²) in [5.41, 5.74) is 2.12. The van der Waals surface area contributed by atoms with E-state index < -0.39 is 0 Å². The molecule has 0 saturated heterocycles. The summed E-state index contributed by atoms with van der Waals surface area (Å²) in [6.45, 7) is 1.82. The molecule has 1 heterocycles. The van der Waals surface area contributed by atoms with E-state index in [-0.39, 0.29) is 11.6 Å². The molecule has 3 rings (SSSR count). The van der Waals surface area contributed by atoms with E-state index in [1.165, 1.54) is 12.1 Å². The van der Waals surface area contributed by atoms with Crippen molar-refractivity contribution in [1.29, 1.82) is 0 Å². The molecule has 0 aliphatic rings. The third kappa shape index (κ3) is 2.28. The Morgan fingerprint density at radius 1 is 1.10 bits per heavy atom. The maximum absolute atomic E-state index is 13.1. The second-order valence-electron chi connectivity index (χ2n) is 4.63. The van der Waals surface area contributed by atoms with E-state index >= 15 is 0 Å². The van der Waals surface area contributed by atoms with Gasteiger partial charge in [-0.25, -0.2) is 9.37 Å². The Balaban J connectivity index is 2.00. The normalized spacial score (nSPS) is 10.7. The number of nitrogens with zero attached hydrogens (tertiary/aromatic N) is 1. The summed E-state index contributed by atoms with van der Waals surface area (Å²) in [6.07, 6.45) is 0. The summed E-state index contributed by atoms with van der Waals surface area (Å²) in [6, 6.07) is 13.5. The molecule has 0 fully saturated rings. The molecule has 0 amide bonds. The van der Waals surface area contributed by atoms with Gasteiger partial charge in [0.2, 0.25) is 0 Å². The number of aromatic nitrogens is 1. The smallest absolute Gasteiger partial charge is 0.141 e. The Hall–Kier alpha value is -2.62. The molecule has 3 nitrogen and oxygen atoms in total. The molecule has 3 aromatic rings. The molecule has 0 atom stereocenters. The van der Waals surface area contributed by atoms with Crippen LogP contribution in [0.1, 0.15) is 5.56 Å². The Bertz CT molecular complexity index is 787. The van der Waals surface area contributed by atoms with E-state index in [2.05, 4.69) is 10.3 Å². The number of halogens is 1. The number of aryl methyl sites for hydroxylation is 1. The summed E-state index contributed by atoms with van der Waals surface area (Å²) < 4.78 is 13.1. The molecule has 20 heavy (non-hydrogen) atoms. The highest BCUT2D eigenvalue weighted by molar-refractivity contribution is 5.86. The summed E-state index contributed by atoms with van der Waals surface area (Å²) in [5.74, 6) is 0.479. The van der Waals surface area contributed by atoms with E-state index in [0.717, 1.165) is 16.6 Å². The molecule has 100 valence electrons. The molecular formula is C16H13FN2O. The monoisotopic (exact) mass is 268 g/mol. The van der Waals surface area contributed by atoms with Crippen LogP contribution in [0, 0.1) is 12.7 Å². The predicted octanol–water partition coefficient (Wildman–Crippen LogP) is 4.13. The number of phenolic OH excluding ortho intramolecular Hbond substituents is 1. The first-order valence-corrected chi connectivity index (χ1v) is 6.25. The summed E-state index contributed by atoms with van der Waals surface area (Å²) >= 11 is 0. The van der Waals surface area contributed by atoms with E-state index in [1.807, 2.05) is 25.1 Å². The van der Waals surface area contributed by atoms with Crippen LogP contribution in [0.4, 0.5) is 15.9 Å². The number of rotatable bonds is 2. The van der Waals surface area contributed by atoms with Crippen molar-refractivity contribution < 1.29 is 9.50 Å². The largest absolute Gasteiger partial charge is 0.506 e. The SMILES string of the molecule is Cc1cc(F)ccc1Nc1ccc2cccc(O)c2n1. The van der Waals surface area contributed by atoms with Gasteiger partial charge in [-0.3, -0.25) is 0 Å². The zero-order valence-corrected chi connectivity index (χ0v) is 10.9. The van der Waals surface area contributed by atoms with Crippen LogP contribution >= 0.6 is 0 Å². The molecule has 0 spiro atoms. The van der Waals surface area contributed by atoms with Crippen LogP contribution in [0.3, 0.4) is 0 Å². The highest BCUT2D eigenvalue weighted by Crippen LogP contribution is 2.26. The molecule has 4 heteroatoms. The van der Waals surface area contributed by atoms with Gasteiger partial charge in [0.25, 0.3) is 0 Å². The zero-order chi connectivity index (χ0) is 14.1. The standard InChI is InChI=1S/C16H13FN2O/c1-10-9-12(17)6-7-13(10)18-15-8-5-11-3-2-4-14(20)16(11)19-15/h2-9,20H,1H3,(H,18,19). The molecule has 1 aromatic heterocycles. The molecule has 0 aliphatic carbocycles. The summed E-state index contributed by atoms with van der Waals surface area (Å²) in [7, 11) is 0. The molecule has 0 radical (unpaired) electrons. The first-order valence-electron chi connectivity index (χ1n) is 6.25. The van der Waals surface area contributed by atoms with Crippen molar-refractivity contribution in [3.8, 4) is 5.75 Å². The van der Waals surface area contributed by atoms with Crippen molar-refractivity contribution in [2.45, 2.75) is 6.92 Å². The molecule has 0 bridgehead atoms. The zero-order valence-electron chi connectivity index (χ0n) is 10.9. The Kier molecular flexibility index (Phi) is 2.99. The van der Waals surface area contributed by atoms with Crippen LogP contribution in [0.15, 0.2) is 48.5 Å². The Morgan fingerprint density at radius 3 is 2.75 bits per heavy atom. The van der Waals surface area contributed by atoms with Crippen molar-refractivity contribution in [3.05, 3.63) is 59.9 Å². The molecule has 0 unspecified atom stereocenters. The van der Waals surface area contributed by atoms with Crippen molar-refractivity contribution in [3.63, 3.8) is 0 Å². The topological polar surface area (TPSA) is 45.1 Å². The molecular weight excluding hydrogens is 255 g/mol. The number of phenols is 1. The van der Waals surface area contributed by atoms with Gasteiger partial charge < -0.3 is 10.4 Å². The van der Waals surface area contributed by atoms with Crippen molar-refractivity contribution in [2.75, 3.05) is 5.32 Å². The Morgan fingerprint density at radius 2 is 1.95 bits per heavy atom. The minimum Gasteiger partial charge on any atom is -0.506 e. The minimum absolute atomic E-state index is 0.141. The van der Waals surface area contributed by atoms with Gasteiger partial charge in [-0.15, -0.1) is 0 Å². The van der Waals surface area contributed by atoms with Crippen LogP contribution in [-0.2, 0) is 0 Å². The quantitative estimate of drug-likeness (QED) is 0.734. The van der Waals surface area contributed by atoms with Crippen LogP contribution in [0.25, 0.3) is 10.9 Å². The maximum atomic E-state index is 13.1. The van der Waals surface area contributed by atoms with Gasteiger partial charge in [0, 0.05) is 11.1 Å². The average molecular weight is 268 g/mol. The molecule has 2 aromatic carbocycles. The van der Waals surface area contributed by atoms with Crippen molar-refractivity contribution >= 4 is 22.4 Å². The van der Waals surface area contributed by atoms with Gasteiger partial charge in [-0.2, -0.15) is 0 Å². The Labute approximate surface area is 115 Å². The lowest BCUT2D eigenvalue weighted by Gasteiger charge is -2.10. The maximum Gasteiger partial charge on any atom is 0.141 e. The van der Waals surface area contributed by atoms with E-state index in [9.17, 15) is 9.50 Å². The number of para-hydroxylation sites is 1. The van der Waals surface area contributed by atoms with Gasteiger partial charge in [-0.05, 0) is 48.9 Å². The fourth-order valence-electron chi connectivity index (χ4n) is 2.11. The predicted molar refractivity (Wildman–Crippen MR) is 77.8 cm³/mol. The van der Waals surface area contributed by atoms with Crippen LogP contribution < -0.4 is 5.32 Å². The van der Waals surface area contributed by atoms with Gasteiger partial charge in [0.1, 0.15) is 22.9 Å². The van der Waals surface area contributed by atoms with E-state index in [0.29, 0.717) is 11.3 Å². The van der Waals surface area contributed by atoms with Crippen LogP contribution in [0.2, 0.25) is 0 Å². The first-order chi connectivity index (χ1) is 9.63. The number of hydrogen-bond donors (Lipinski definition) is 2. The molecule has 2 N–H and O–H groups in total.